The number of likely N-dealkylation sites (N-methyl/N-ethyl adjacent to an activating group) is 1. The van der Waals surface area contributed by atoms with Gasteiger partial charge in [0, 0.05) is 18.5 Å². The van der Waals surface area contributed by atoms with Crippen LogP contribution in [0.15, 0.2) is 23.0 Å². The van der Waals surface area contributed by atoms with Gasteiger partial charge in [0.1, 0.15) is 10.6 Å². The minimum atomic E-state index is -0.545. The van der Waals surface area contributed by atoms with Crippen LogP contribution in [0.5, 0.6) is 5.75 Å². The van der Waals surface area contributed by atoms with E-state index in [4.69, 9.17) is 4.74 Å². The predicted molar refractivity (Wildman–Crippen MR) is 114 cm³/mol. The second-order valence-electron chi connectivity index (χ2n) is 6.94. The van der Waals surface area contributed by atoms with Crippen molar-refractivity contribution in [3.63, 3.8) is 0 Å². The number of rotatable bonds is 5. The summed E-state index contributed by atoms with van der Waals surface area (Å²) in [5, 5.41) is 8.34. The number of benzene rings is 1. The fourth-order valence-electron chi connectivity index (χ4n) is 3.21. The van der Waals surface area contributed by atoms with Gasteiger partial charge in [-0.05, 0) is 30.2 Å². The highest BCUT2D eigenvalue weighted by Crippen LogP contribution is 2.29. The number of H-pyrrole nitrogens is 1. The molecular weight excluding hydrogens is 422 g/mol. The van der Waals surface area contributed by atoms with Crippen LogP contribution in [0.2, 0.25) is 0 Å². The van der Waals surface area contributed by atoms with Gasteiger partial charge in [-0.1, -0.05) is 6.07 Å². The number of hydrogen-bond donors (Lipinski definition) is 4. The zero-order valence-corrected chi connectivity index (χ0v) is 17.6. The van der Waals surface area contributed by atoms with Crippen LogP contribution in [-0.2, 0) is 22.6 Å². The molecule has 0 radical (unpaired) electrons. The molecule has 2 aromatic heterocycles. The second kappa shape index (κ2) is 8.19. The first kappa shape index (κ1) is 20.5. The van der Waals surface area contributed by atoms with Crippen LogP contribution in [0.3, 0.4) is 0 Å². The SMILES string of the molecule is CNC(=O)Cc1sc2nc(C(=O)NCc3ccc4c(c3)NC(=O)CO4)[nH]c(=O)c2c1C. The van der Waals surface area contributed by atoms with Gasteiger partial charge in [0.2, 0.25) is 11.7 Å². The number of carbonyl (C=O) groups is 3. The number of aromatic amines is 1. The molecule has 0 atom stereocenters. The first-order chi connectivity index (χ1) is 14.9. The summed E-state index contributed by atoms with van der Waals surface area (Å²) in [7, 11) is 1.54. The van der Waals surface area contributed by atoms with Crippen LogP contribution in [0, 0.1) is 6.92 Å². The molecule has 1 aromatic carbocycles. The van der Waals surface area contributed by atoms with Crippen molar-refractivity contribution in [2.75, 3.05) is 19.0 Å². The Kier molecular flexibility index (Phi) is 5.42. The number of aromatic nitrogens is 2. The number of thiophene rings is 1. The first-order valence-electron chi connectivity index (χ1n) is 9.42. The third-order valence-electron chi connectivity index (χ3n) is 4.84. The van der Waals surface area contributed by atoms with Gasteiger partial charge in [-0.3, -0.25) is 19.2 Å². The van der Waals surface area contributed by atoms with E-state index in [1.807, 2.05) is 0 Å². The molecule has 0 saturated carbocycles. The molecular formula is C20H19N5O5S. The fourth-order valence-corrected chi connectivity index (χ4v) is 4.38. The Morgan fingerprint density at radius 2 is 2.10 bits per heavy atom. The van der Waals surface area contributed by atoms with E-state index >= 15 is 0 Å². The number of fused-ring (bicyclic) bond motifs is 2. The van der Waals surface area contributed by atoms with Crippen molar-refractivity contribution in [3.05, 3.63) is 50.4 Å². The summed E-state index contributed by atoms with van der Waals surface area (Å²) >= 11 is 1.22. The van der Waals surface area contributed by atoms with E-state index < -0.39 is 11.5 Å². The maximum Gasteiger partial charge on any atom is 0.287 e. The monoisotopic (exact) mass is 441 g/mol. The van der Waals surface area contributed by atoms with Crippen molar-refractivity contribution in [3.8, 4) is 5.75 Å². The van der Waals surface area contributed by atoms with Gasteiger partial charge in [0.05, 0.1) is 17.5 Å². The van der Waals surface area contributed by atoms with E-state index in [0.29, 0.717) is 27.2 Å². The van der Waals surface area contributed by atoms with Gasteiger partial charge in [-0.15, -0.1) is 11.3 Å². The van der Waals surface area contributed by atoms with Crippen LogP contribution in [-0.4, -0.2) is 41.3 Å². The third-order valence-corrected chi connectivity index (χ3v) is 6.03. The van der Waals surface area contributed by atoms with Gasteiger partial charge >= 0.3 is 0 Å². The molecule has 0 saturated heterocycles. The topological polar surface area (TPSA) is 142 Å². The van der Waals surface area contributed by atoms with E-state index in [1.54, 1.807) is 32.2 Å². The summed E-state index contributed by atoms with van der Waals surface area (Å²) in [6.07, 6.45) is 0.142. The van der Waals surface area contributed by atoms with E-state index in [-0.39, 0.29) is 37.2 Å². The zero-order valence-electron chi connectivity index (χ0n) is 16.8. The number of ether oxygens (including phenoxy) is 1. The molecule has 4 N–H and O–H groups in total. The lowest BCUT2D eigenvalue weighted by atomic mass is 10.1. The molecule has 1 aliphatic heterocycles. The lowest BCUT2D eigenvalue weighted by Crippen LogP contribution is -2.28. The van der Waals surface area contributed by atoms with Crippen molar-refractivity contribution >= 4 is 45.0 Å². The van der Waals surface area contributed by atoms with Gasteiger partial charge in [-0.2, -0.15) is 0 Å². The minimum Gasteiger partial charge on any atom is -0.482 e. The summed E-state index contributed by atoms with van der Waals surface area (Å²) in [6.45, 7) is 1.89. The number of hydrogen-bond acceptors (Lipinski definition) is 7. The van der Waals surface area contributed by atoms with Crippen molar-refractivity contribution in [1.29, 1.82) is 0 Å². The van der Waals surface area contributed by atoms with Gasteiger partial charge in [0.15, 0.2) is 6.61 Å². The Morgan fingerprint density at radius 3 is 2.87 bits per heavy atom. The van der Waals surface area contributed by atoms with E-state index in [2.05, 4.69) is 25.9 Å². The molecule has 0 bridgehead atoms. The lowest BCUT2D eigenvalue weighted by molar-refractivity contribution is -0.120. The smallest absolute Gasteiger partial charge is 0.287 e. The van der Waals surface area contributed by atoms with Gasteiger partial charge in [-0.25, -0.2) is 4.98 Å². The normalized spacial score (nSPS) is 12.6. The Hall–Kier alpha value is -3.73. The molecule has 0 fully saturated rings. The standard InChI is InChI=1S/C20H19N5O5S/c1-9-13(6-14(26)21-2)31-20-16(9)18(28)24-17(25-20)19(29)22-7-10-3-4-12-11(5-10)23-15(27)8-30-12/h3-5H,6-8H2,1-2H3,(H,21,26)(H,22,29)(H,23,27)(H,24,25,28). The number of nitrogens with one attached hydrogen (secondary N) is 4. The summed E-state index contributed by atoms with van der Waals surface area (Å²) in [5.74, 6) is -0.510. The number of amides is 3. The summed E-state index contributed by atoms with van der Waals surface area (Å²) in [4.78, 5) is 56.2. The molecule has 11 heteroatoms. The maximum absolute atomic E-state index is 12.6. The highest BCUT2D eigenvalue weighted by molar-refractivity contribution is 7.18. The summed E-state index contributed by atoms with van der Waals surface area (Å²) in [6, 6.07) is 5.19. The van der Waals surface area contributed by atoms with Crippen molar-refractivity contribution in [1.82, 2.24) is 20.6 Å². The van der Waals surface area contributed by atoms with E-state index in [1.165, 1.54) is 11.3 Å². The number of nitrogens with zero attached hydrogens (tertiary/aromatic N) is 1. The third kappa shape index (κ3) is 4.12. The molecule has 0 spiro atoms. The molecule has 160 valence electrons. The molecule has 3 aromatic rings. The molecule has 0 aliphatic carbocycles. The second-order valence-corrected chi connectivity index (χ2v) is 8.03. The molecule has 3 heterocycles. The Morgan fingerprint density at radius 1 is 1.29 bits per heavy atom. The molecule has 31 heavy (non-hydrogen) atoms. The molecule has 1 aliphatic rings. The first-order valence-corrected chi connectivity index (χ1v) is 10.2. The largest absolute Gasteiger partial charge is 0.482 e. The van der Waals surface area contributed by atoms with Gasteiger partial charge in [0.25, 0.3) is 17.4 Å². The quantitative estimate of drug-likeness (QED) is 0.462. The fraction of sp³-hybridized carbons (Fsp3) is 0.250. The zero-order chi connectivity index (χ0) is 22.1. The van der Waals surface area contributed by atoms with Crippen molar-refractivity contribution in [2.24, 2.45) is 0 Å². The van der Waals surface area contributed by atoms with Crippen molar-refractivity contribution < 1.29 is 19.1 Å². The molecule has 0 unspecified atom stereocenters. The Balaban J connectivity index is 1.53. The van der Waals surface area contributed by atoms with Crippen molar-refractivity contribution in [2.45, 2.75) is 19.9 Å². The van der Waals surface area contributed by atoms with Crippen LogP contribution in [0.4, 0.5) is 5.69 Å². The molecule has 4 rings (SSSR count). The number of aryl methyl sites for hydroxylation is 1. The van der Waals surface area contributed by atoms with Gasteiger partial charge < -0.3 is 25.7 Å². The van der Waals surface area contributed by atoms with E-state index in [0.717, 1.165) is 10.4 Å². The molecule has 3 amide bonds. The van der Waals surface area contributed by atoms with Crippen LogP contribution >= 0.6 is 11.3 Å². The number of anilines is 1. The molecule has 10 nitrogen and oxygen atoms in total. The van der Waals surface area contributed by atoms with Crippen LogP contribution in [0.1, 0.15) is 26.6 Å². The average Bonchev–Trinajstić information content (AvgIpc) is 3.06. The highest BCUT2D eigenvalue weighted by atomic mass is 32.1. The summed E-state index contributed by atoms with van der Waals surface area (Å²) < 4.78 is 5.31. The maximum atomic E-state index is 12.6. The summed E-state index contributed by atoms with van der Waals surface area (Å²) in [5.41, 5.74) is 1.53. The Labute approximate surface area is 180 Å². The lowest BCUT2D eigenvalue weighted by Gasteiger charge is -2.18. The van der Waals surface area contributed by atoms with E-state index in [9.17, 15) is 19.2 Å². The highest BCUT2D eigenvalue weighted by Gasteiger charge is 2.19. The average molecular weight is 441 g/mol. The number of carbonyl (C=O) groups excluding carboxylic acids is 3. The van der Waals surface area contributed by atoms with Crippen LogP contribution in [0.25, 0.3) is 10.2 Å². The Bertz CT molecular complexity index is 1280. The predicted octanol–water partition coefficient (Wildman–Crippen LogP) is 0.842. The minimum absolute atomic E-state index is 0.0301. The van der Waals surface area contributed by atoms with Crippen LogP contribution < -0.4 is 26.2 Å².